The molecule has 5 nitrogen and oxygen atoms in total. The zero-order chi connectivity index (χ0) is 13.7. The molecule has 0 atom stereocenters. The van der Waals surface area contributed by atoms with Gasteiger partial charge in [-0.25, -0.2) is 0 Å². The van der Waals surface area contributed by atoms with Gasteiger partial charge in [0.25, 0.3) is 5.91 Å². The van der Waals surface area contributed by atoms with Crippen molar-refractivity contribution < 1.29 is 14.1 Å². The van der Waals surface area contributed by atoms with Crippen molar-refractivity contribution in [2.24, 2.45) is 0 Å². The highest BCUT2D eigenvalue weighted by molar-refractivity contribution is 7.07. The standard InChI is InChI=1S/C13H16N2O3S/c1-10-7-12(14-18-10)13(16)15(4-5-17-2)8-11-3-6-19-9-11/h3,6-7,9H,4-5,8H2,1-2H3. The summed E-state index contributed by atoms with van der Waals surface area (Å²) in [6.07, 6.45) is 0. The van der Waals surface area contributed by atoms with E-state index in [2.05, 4.69) is 5.16 Å². The van der Waals surface area contributed by atoms with Crippen molar-refractivity contribution in [2.75, 3.05) is 20.3 Å². The van der Waals surface area contributed by atoms with Crippen molar-refractivity contribution >= 4 is 17.2 Å². The molecule has 0 aliphatic rings. The molecule has 0 bridgehead atoms. The van der Waals surface area contributed by atoms with E-state index in [1.807, 2.05) is 16.8 Å². The van der Waals surface area contributed by atoms with E-state index in [-0.39, 0.29) is 5.91 Å². The van der Waals surface area contributed by atoms with E-state index in [0.717, 1.165) is 5.56 Å². The number of carbonyl (C=O) groups excluding carboxylic acids is 1. The summed E-state index contributed by atoms with van der Waals surface area (Å²) in [5, 5.41) is 7.79. The molecule has 0 fully saturated rings. The van der Waals surface area contributed by atoms with Crippen LogP contribution in [0.15, 0.2) is 27.4 Å². The normalized spacial score (nSPS) is 10.6. The summed E-state index contributed by atoms with van der Waals surface area (Å²) in [5.74, 6) is 0.491. The van der Waals surface area contributed by atoms with E-state index >= 15 is 0 Å². The van der Waals surface area contributed by atoms with Crippen molar-refractivity contribution in [2.45, 2.75) is 13.5 Å². The number of hydrogen-bond donors (Lipinski definition) is 0. The molecule has 2 heterocycles. The maximum Gasteiger partial charge on any atom is 0.276 e. The molecule has 0 unspecified atom stereocenters. The molecule has 0 aliphatic carbocycles. The van der Waals surface area contributed by atoms with E-state index in [1.54, 1.807) is 36.3 Å². The van der Waals surface area contributed by atoms with Gasteiger partial charge in [0.05, 0.1) is 6.61 Å². The average Bonchev–Trinajstić information content (AvgIpc) is 3.05. The number of carbonyl (C=O) groups is 1. The van der Waals surface area contributed by atoms with Gasteiger partial charge in [0, 0.05) is 26.3 Å². The lowest BCUT2D eigenvalue weighted by atomic mass is 10.2. The third-order valence-electron chi connectivity index (χ3n) is 2.65. The first-order valence-corrected chi connectivity index (χ1v) is 6.87. The van der Waals surface area contributed by atoms with E-state index in [0.29, 0.717) is 31.2 Å². The Balaban J connectivity index is 2.10. The van der Waals surface area contributed by atoms with E-state index in [4.69, 9.17) is 9.26 Å². The lowest BCUT2D eigenvalue weighted by Crippen LogP contribution is -2.33. The number of methoxy groups -OCH3 is 1. The summed E-state index contributed by atoms with van der Waals surface area (Å²) in [7, 11) is 1.62. The minimum atomic E-state index is -0.139. The topological polar surface area (TPSA) is 55.6 Å². The molecule has 2 aromatic rings. The molecule has 6 heteroatoms. The van der Waals surface area contributed by atoms with Gasteiger partial charge in [-0.1, -0.05) is 5.16 Å². The smallest absolute Gasteiger partial charge is 0.276 e. The van der Waals surface area contributed by atoms with E-state index < -0.39 is 0 Å². The van der Waals surface area contributed by atoms with Crippen molar-refractivity contribution in [1.82, 2.24) is 10.1 Å². The van der Waals surface area contributed by atoms with Gasteiger partial charge in [-0.05, 0) is 29.3 Å². The van der Waals surface area contributed by atoms with E-state index in [1.165, 1.54) is 0 Å². The molecule has 0 saturated carbocycles. The van der Waals surface area contributed by atoms with Crippen molar-refractivity contribution in [3.05, 3.63) is 39.9 Å². The van der Waals surface area contributed by atoms with Crippen LogP contribution < -0.4 is 0 Å². The maximum atomic E-state index is 12.3. The van der Waals surface area contributed by atoms with Crippen LogP contribution in [0.2, 0.25) is 0 Å². The predicted octanol–water partition coefficient (Wildman–Crippen LogP) is 2.33. The van der Waals surface area contributed by atoms with Crippen LogP contribution in [0, 0.1) is 6.92 Å². The second-order valence-electron chi connectivity index (χ2n) is 4.17. The second-order valence-corrected chi connectivity index (χ2v) is 4.95. The van der Waals surface area contributed by atoms with Crippen LogP contribution in [-0.4, -0.2) is 36.2 Å². The van der Waals surface area contributed by atoms with Gasteiger partial charge in [0.1, 0.15) is 5.76 Å². The Bertz CT molecular complexity index is 522. The molecule has 2 aromatic heterocycles. The molecule has 0 N–H and O–H groups in total. The molecule has 1 amide bonds. The van der Waals surface area contributed by atoms with Crippen molar-refractivity contribution in [3.8, 4) is 0 Å². The van der Waals surface area contributed by atoms with Gasteiger partial charge in [0.15, 0.2) is 5.69 Å². The van der Waals surface area contributed by atoms with Gasteiger partial charge in [0.2, 0.25) is 0 Å². The minimum Gasteiger partial charge on any atom is -0.383 e. The zero-order valence-electron chi connectivity index (χ0n) is 11.0. The fourth-order valence-corrected chi connectivity index (χ4v) is 2.35. The number of rotatable bonds is 6. The van der Waals surface area contributed by atoms with Crippen LogP contribution in [0.4, 0.5) is 0 Å². The highest BCUT2D eigenvalue weighted by Crippen LogP contribution is 2.12. The number of ether oxygens (including phenoxy) is 1. The van der Waals surface area contributed by atoms with Crippen LogP contribution in [0.1, 0.15) is 21.8 Å². The molecular formula is C13H16N2O3S. The Morgan fingerprint density at radius 1 is 1.58 bits per heavy atom. The molecule has 19 heavy (non-hydrogen) atoms. The number of thiophene rings is 1. The summed E-state index contributed by atoms with van der Waals surface area (Å²) in [4.78, 5) is 14.1. The SMILES string of the molecule is COCCN(Cc1ccsc1)C(=O)c1cc(C)on1. The molecule has 0 saturated heterocycles. The second kappa shape index (κ2) is 6.49. The molecule has 0 aromatic carbocycles. The Morgan fingerprint density at radius 2 is 2.42 bits per heavy atom. The van der Waals surface area contributed by atoms with Crippen molar-refractivity contribution in [1.29, 1.82) is 0 Å². The summed E-state index contributed by atoms with van der Waals surface area (Å²) in [6.45, 7) is 3.34. The Labute approximate surface area is 115 Å². The first-order chi connectivity index (χ1) is 9.20. The highest BCUT2D eigenvalue weighted by Gasteiger charge is 2.19. The fourth-order valence-electron chi connectivity index (χ4n) is 1.69. The number of aryl methyl sites for hydroxylation is 1. The highest BCUT2D eigenvalue weighted by atomic mass is 32.1. The Kier molecular flexibility index (Phi) is 4.70. The molecule has 2 rings (SSSR count). The fraction of sp³-hybridized carbons (Fsp3) is 0.385. The molecule has 0 spiro atoms. The lowest BCUT2D eigenvalue weighted by molar-refractivity contribution is 0.0670. The van der Waals surface area contributed by atoms with Crippen LogP contribution in [0.5, 0.6) is 0 Å². The average molecular weight is 280 g/mol. The maximum absolute atomic E-state index is 12.3. The number of hydrogen-bond acceptors (Lipinski definition) is 5. The summed E-state index contributed by atoms with van der Waals surface area (Å²) in [5.41, 5.74) is 1.44. The monoisotopic (exact) mass is 280 g/mol. The third kappa shape index (κ3) is 3.65. The lowest BCUT2D eigenvalue weighted by Gasteiger charge is -2.20. The minimum absolute atomic E-state index is 0.139. The molecule has 102 valence electrons. The summed E-state index contributed by atoms with van der Waals surface area (Å²) < 4.78 is 10.00. The largest absolute Gasteiger partial charge is 0.383 e. The van der Waals surface area contributed by atoms with Gasteiger partial charge >= 0.3 is 0 Å². The predicted molar refractivity (Wildman–Crippen MR) is 72.2 cm³/mol. The number of nitrogens with zero attached hydrogens (tertiary/aromatic N) is 2. The molecule has 0 radical (unpaired) electrons. The summed E-state index contributed by atoms with van der Waals surface area (Å²) >= 11 is 1.61. The molecular weight excluding hydrogens is 264 g/mol. The van der Waals surface area contributed by atoms with Gasteiger partial charge in [-0.3, -0.25) is 4.79 Å². The van der Waals surface area contributed by atoms with Gasteiger partial charge in [-0.2, -0.15) is 11.3 Å². The first kappa shape index (κ1) is 13.8. The van der Waals surface area contributed by atoms with Crippen LogP contribution in [-0.2, 0) is 11.3 Å². The van der Waals surface area contributed by atoms with E-state index in [9.17, 15) is 4.79 Å². The zero-order valence-corrected chi connectivity index (χ0v) is 11.8. The third-order valence-corrected chi connectivity index (χ3v) is 3.39. The van der Waals surface area contributed by atoms with Gasteiger partial charge in [-0.15, -0.1) is 0 Å². The van der Waals surface area contributed by atoms with Crippen LogP contribution in [0.3, 0.4) is 0 Å². The Morgan fingerprint density at radius 3 is 3.00 bits per heavy atom. The van der Waals surface area contributed by atoms with Crippen LogP contribution >= 0.6 is 11.3 Å². The number of aromatic nitrogens is 1. The quantitative estimate of drug-likeness (QED) is 0.815. The van der Waals surface area contributed by atoms with Crippen molar-refractivity contribution in [3.63, 3.8) is 0 Å². The van der Waals surface area contributed by atoms with Crippen LogP contribution in [0.25, 0.3) is 0 Å². The van der Waals surface area contributed by atoms with Gasteiger partial charge < -0.3 is 14.2 Å². The first-order valence-electron chi connectivity index (χ1n) is 5.93. The molecule has 0 aliphatic heterocycles. The number of amides is 1. The summed E-state index contributed by atoms with van der Waals surface area (Å²) in [6, 6.07) is 3.65. The Hall–Kier alpha value is -1.66.